The zero-order valence-corrected chi connectivity index (χ0v) is 11.8. The van der Waals surface area contributed by atoms with Crippen molar-refractivity contribution in [2.24, 2.45) is 0 Å². The topological polar surface area (TPSA) is 38.2 Å². The first-order chi connectivity index (χ1) is 10.3. The van der Waals surface area contributed by atoms with Crippen LogP contribution in [0.4, 0.5) is 4.39 Å². The van der Waals surface area contributed by atoms with Gasteiger partial charge in [-0.1, -0.05) is 6.07 Å². The predicted molar refractivity (Wildman–Crippen MR) is 77.4 cm³/mol. The van der Waals surface area contributed by atoms with Crippen LogP contribution < -0.4 is 4.74 Å². The van der Waals surface area contributed by atoms with Crippen LogP contribution in [0.5, 0.6) is 5.88 Å². The zero-order valence-electron chi connectivity index (χ0n) is 11.8. The number of hydrogen-bond acceptors (Lipinski definition) is 4. The number of halogens is 1. The van der Waals surface area contributed by atoms with Gasteiger partial charge in [-0.05, 0) is 37.1 Å². The number of pyridine rings is 2. The normalized spacial score (nSPS) is 16.8. The third-order valence-electron chi connectivity index (χ3n) is 3.65. The van der Waals surface area contributed by atoms with Gasteiger partial charge in [-0.25, -0.2) is 9.37 Å². The summed E-state index contributed by atoms with van der Waals surface area (Å²) >= 11 is 0. The van der Waals surface area contributed by atoms with Crippen LogP contribution in [0.25, 0.3) is 0 Å². The minimum absolute atomic E-state index is 0.0365. The number of hydrogen-bond donors (Lipinski definition) is 0. The molecule has 0 aromatic carbocycles. The average Bonchev–Trinajstić information content (AvgIpc) is 2.52. The van der Waals surface area contributed by atoms with Gasteiger partial charge >= 0.3 is 0 Å². The molecule has 5 heteroatoms. The Morgan fingerprint density at radius 3 is 2.62 bits per heavy atom. The Bertz CT molecular complexity index is 571. The fourth-order valence-corrected chi connectivity index (χ4v) is 2.52. The van der Waals surface area contributed by atoms with Gasteiger partial charge in [0.2, 0.25) is 0 Å². The van der Waals surface area contributed by atoms with E-state index in [1.807, 2.05) is 24.4 Å². The van der Waals surface area contributed by atoms with E-state index < -0.39 is 5.82 Å². The molecule has 3 rings (SSSR count). The molecule has 4 nitrogen and oxygen atoms in total. The van der Waals surface area contributed by atoms with Crippen molar-refractivity contribution >= 4 is 0 Å². The third kappa shape index (κ3) is 3.76. The Balaban J connectivity index is 1.50. The van der Waals surface area contributed by atoms with E-state index in [1.165, 1.54) is 6.07 Å². The van der Waals surface area contributed by atoms with Crippen LogP contribution in [-0.2, 0) is 6.54 Å². The summed E-state index contributed by atoms with van der Waals surface area (Å²) in [6.07, 6.45) is 5.16. The van der Waals surface area contributed by atoms with Gasteiger partial charge in [-0.2, -0.15) is 0 Å². The lowest BCUT2D eigenvalue weighted by Gasteiger charge is -2.31. The number of ether oxygens (including phenoxy) is 1. The standard InChI is InChI=1S/C16H18FN3O/c17-15-5-3-9-19-16(15)21-14-6-10-20(11-7-14)12-13-4-1-2-8-18-13/h1-5,8-9,14H,6-7,10-12H2. The van der Waals surface area contributed by atoms with Gasteiger partial charge in [0.25, 0.3) is 5.88 Å². The largest absolute Gasteiger partial charge is 0.472 e. The molecular weight excluding hydrogens is 269 g/mol. The number of likely N-dealkylation sites (tertiary alicyclic amines) is 1. The van der Waals surface area contributed by atoms with E-state index in [2.05, 4.69) is 14.9 Å². The zero-order chi connectivity index (χ0) is 14.5. The Labute approximate surface area is 123 Å². The highest BCUT2D eigenvalue weighted by atomic mass is 19.1. The van der Waals surface area contributed by atoms with E-state index in [1.54, 1.807) is 12.3 Å². The van der Waals surface area contributed by atoms with Crippen molar-refractivity contribution in [1.29, 1.82) is 0 Å². The van der Waals surface area contributed by atoms with E-state index in [0.717, 1.165) is 38.2 Å². The van der Waals surface area contributed by atoms with Crippen LogP contribution in [0.2, 0.25) is 0 Å². The van der Waals surface area contributed by atoms with Gasteiger partial charge in [0.15, 0.2) is 5.82 Å². The first kappa shape index (κ1) is 13.9. The molecule has 0 bridgehead atoms. The fraction of sp³-hybridized carbons (Fsp3) is 0.375. The van der Waals surface area contributed by atoms with Crippen LogP contribution in [0.15, 0.2) is 42.7 Å². The van der Waals surface area contributed by atoms with Gasteiger partial charge in [0, 0.05) is 32.0 Å². The number of piperidine rings is 1. The lowest BCUT2D eigenvalue weighted by molar-refractivity contribution is 0.0890. The van der Waals surface area contributed by atoms with E-state index in [0.29, 0.717) is 0 Å². The molecule has 21 heavy (non-hydrogen) atoms. The number of rotatable bonds is 4. The van der Waals surface area contributed by atoms with Gasteiger partial charge in [0.1, 0.15) is 6.10 Å². The van der Waals surface area contributed by atoms with Gasteiger partial charge in [-0.3, -0.25) is 9.88 Å². The molecule has 0 radical (unpaired) electrons. The molecule has 1 fully saturated rings. The molecule has 1 aliphatic rings. The molecular formula is C16H18FN3O. The van der Waals surface area contributed by atoms with Crippen molar-refractivity contribution in [2.45, 2.75) is 25.5 Å². The lowest BCUT2D eigenvalue weighted by Crippen LogP contribution is -2.38. The van der Waals surface area contributed by atoms with E-state index in [-0.39, 0.29) is 12.0 Å². The van der Waals surface area contributed by atoms with Crippen molar-refractivity contribution in [3.8, 4) is 5.88 Å². The fourth-order valence-electron chi connectivity index (χ4n) is 2.52. The van der Waals surface area contributed by atoms with Crippen LogP contribution >= 0.6 is 0 Å². The second kappa shape index (κ2) is 6.63. The predicted octanol–water partition coefficient (Wildman–Crippen LogP) is 2.66. The van der Waals surface area contributed by atoms with Crippen molar-refractivity contribution < 1.29 is 9.13 Å². The Hall–Kier alpha value is -2.01. The van der Waals surface area contributed by atoms with Crippen molar-refractivity contribution in [3.63, 3.8) is 0 Å². The number of aromatic nitrogens is 2. The summed E-state index contributed by atoms with van der Waals surface area (Å²) in [6, 6.07) is 8.90. The van der Waals surface area contributed by atoms with Crippen molar-refractivity contribution in [1.82, 2.24) is 14.9 Å². The molecule has 1 aliphatic heterocycles. The van der Waals surface area contributed by atoms with Gasteiger partial charge < -0.3 is 4.74 Å². The molecule has 110 valence electrons. The van der Waals surface area contributed by atoms with Gasteiger partial charge in [-0.15, -0.1) is 0 Å². The van der Waals surface area contributed by atoms with Crippen molar-refractivity contribution in [2.75, 3.05) is 13.1 Å². The Morgan fingerprint density at radius 2 is 1.90 bits per heavy atom. The SMILES string of the molecule is Fc1cccnc1OC1CCN(Cc2ccccn2)CC1. The Kier molecular flexibility index (Phi) is 4.40. The minimum Gasteiger partial charge on any atom is -0.472 e. The quantitative estimate of drug-likeness (QED) is 0.866. The highest BCUT2D eigenvalue weighted by Gasteiger charge is 2.22. The molecule has 0 N–H and O–H groups in total. The molecule has 0 spiro atoms. The van der Waals surface area contributed by atoms with E-state index in [9.17, 15) is 4.39 Å². The second-order valence-electron chi connectivity index (χ2n) is 5.20. The summed E-state index contributed by atoms with van der Waals surface area (Å²) in [7, 11) is 0. The maximum absolute atomic E-state index is 13.5. The van der Waals surface area contributed by atoms with Crippen LogP contribution in [0.3, 0.4) is 0 Å². The average molecular weight is 287 g/mol. The van der Waals surface area contributed by atoms with Crippen LogP contribution in [0, 0.1) is 5.82 Å². The summed E-state index contributed by atoms with van der Waals surface area (Å²) in [5, 5.41) is 0. The minimum atomic E-state index is -0.395. The summed E-state index contributed by atoms with van der Waals surface area (Å²) in [6.45, 7) is 2.71. The van der Waals surface area contributed by atoms with Crippen molar-refractivity contribution in [3.05, 3.63) is 54.2 Å². The molecule has 1 saturated heterocycles. The smallest absolute Gasteiger partial charge is 0.250 e. The molecule has 0 aliphatic carbocycles. The molecule has 0 saturated carbocycles. The summed E-state index contributed by atoms with van der Waals surface area (Å²) in [5.41, 5.74) is 1.08. The molecule has 3 heterocycles. The van der Waals surface area contributed by atoms with Crippen LogP contribution in [0.1, 0.15) is 18.5 Å². The molecule has 2 aromatic heterocycles. The lowest BCUT2D eigenvalue weighted by atomic mass is 10.1. The van der Waals surface area contributed by atoms with Crippen LogP contribution in [-0.4, -0.2) is 34.1 Å². The molecule has 0 unspecified atom stereocenters. The summed E-state index contributed by atoms with van der Waals surface area (Å²) in [4.78, 5) is 10.6. The maximum Gasteiger partial charge on any atom is 0.250 e. The molecule has 2 aromatic rings. The van der Waals surface area contributed by atoms with Gasteiger partial charge in [0.05, 0.1) is 5.69 Å². The molecule has 0 amide bonds. The summed E-state index contributed by atoms with van der Waals surface area (Å²) < 4.78 is 19.2. The maximum atomic E-state index is 13.5. The highest BCUT2D eigenvalue weighted by molar-refractivity contribution is 5.13. The molecule has 0 atom stereocenters. The summed E-state index contributed by atoms with van der Waals surface area (Å²) in [5.74, 6) is -0.283. The highest BCUT2D eigenvalue weighted by Crippen LogP contribution is 2.20. The van der Waals surface area contributed by atoms with E-state index >= 15 is 0 Å². The number of nitrogens with zero attached hydrogens (tertiary/aromatic N) is 3. The Morgan fingerprint density at radius 1 is 1.10 bits per heavy atom. The third-order valence-corrected chi connectivity index (χ3v) is 3.65. The first-order valence-corrected chi connectivity index (χ1v) is 7.21. The first-order valence-electron chi connectivity index (χ1n) is 7.21. The monoisotopic (exact) mass is 287 g/mol. The van der Waals surface area contributed by atoms with E-state index in [4.69, 9.17) is 4.74 Å². The second-order valence-corrected chi connectivity index (χ2v) is 5.20.